The lowest BCUT2D eigenvalue weighted by Gasteiger charge is -2.06. The largest absolute Gasteiger partial charge is 0.368 e. The standard InChI is InChI=1S/C8H12BrN5O/c1-11-13-8(10)12-6-3-5(9)4-14(2)7(6)15/h3-4,11H,1-2H3,(H3,10,12,13). The third kappa shape index (κ3) is 2.98. The number of nitrogens with one attached hydrogen (secondary N) is 2. The van der Waals surface area contributed by atoms with Crippen LogP contribution >= 0.6 is 15.9 Å². The van der Waals surface area contributed by atoms with Gasteiger partial charge in [0.2, 0.25) is 5.96 Å². The van der Waals surface area contributed by atoms with E-state index < -0.39 is 0 Å². The van der Waals surface area contributed by atoms with Crippen molar-refractivity contribution in [1.29, 1.82) is 0 Å². The van der Waals surface area contributed by atoms with Gasteiger partial charge in [-0.2, -0.15) is 0 Å². The first kappa shape index (κ1) is 11.6. The van der Waals surface area contributed by atoms with Gasteiger partial charge in [-0.25, -0.2) is 0 Å². The summed E-state index contributed by atoms with van der Waals surface area (Å²) in [4.78, 5) is 11.6. The van der Waals surface area contributed by atoms with E-state index in [2.05, 4.69) is 31.8 Å². The molecule has 0 fully saturated rings. The van der Waals surface area contributed by atoms with Gasteiger partial charge in [0.1, 0.15) is 5.69 Å². The van der Waals surface area contributed by atoms with Crippen LogP contribution in [0.5, 0.6) is 0 Å². The number of nitrogens with zero attached hydrogens (tertiary/aromatic N) is 2. The second-order valence-electron chi connectivity index (χ2n) is 2.83. The number of pyridine rings is 1. The number of aryl methyl sites for hydroxylation is 1. The van der Waals surface area contributed by atoms with Crippen molar-refractivity contribution >= 4 is 27.6 Å². The van der Waals surface area contributed by atoms with E-state index >= 15 is 0 Å². The molecule has 0 aliphatic carbocycles. The lowest BCUT2D eigenvalue weighted by molar-refractivity contribution is 0.857. The van der Waals surface area contributed by atoms with Gasteiger partial charge in [-0.05, 0) is 22.0 Å². The van der Waals surface area contributed by atoms with Crippen LogP contribution in [0.25, 0.3) is 0 Å². The summed E-state index contributed by atoms with van der Waals surface area (Å²) in [7, 11) is 3.28. The summed E-state index contributed by atoms with van der Waals surface area (Å²) < 4.78 is 2.23. The number of guanidine groups is 1. The van der Waals surface area contributed by atoms with E-state index in [0.717, 1.165) is 4.47 Å². The van der Waals surface area contributed by atoms with Gasteiger partial charge in [0.25, 0.3) is 5.56 Å². The minimum Gasteiger partial charge on any atom is -0.368 e. The van der Waals surface area contributed by atoms with Crippen molar-refractivity contribution in [2.45, 2.75) is 0 Å². The summed E-state index contributed by atoms with van der Waals surface area (Å²) in [5.41, 5.74) is 8.21. The number of rotatable bonds is 2. The SMILES string of the molecule is CN/N=C(\N)Nc1cc(Br)cn(C)c1=O. The Labute approximate surface area is 95.3 Å². The summed E-state index contributed by atoms with van der Waals surface area (Å²) in [5, 5.41) is 6.38. The van der Waals surface area contributed by atoms with E-state index in [9.17, 15) is 4.79 Å². The monoisotopic (exact) mass is 273 g/mol. The molecule has 0 saturated carbocycles. The third-order valence-electron chi connectivity index (χ3n) is 1.64. The Morgan fingerprint density at radius 1 is 1.67 bits per heavy atom. The molecule has 15 heavy (non-hydrogen) atoms. The molecule has 1 heterocycles. The first-order chi connectivity index (χ1) is 7.04. The first-order valence-corrected chi connectivity index (χ1v) is 4.97. The van der Waals surface area contributed by atoms with Crippen LogP contribution in [0.3, 0.4) is 0 Å². The molecular weight excluding hydrogens is 262 g/mol. The Balaban J connectivity index is 3.05. The van der Waals surface area contributed by atoms with Crippen molar-refractivity contribution in [2.75, 3.05) is 12.4 Å². The number of anilines is 1. The van der Waals surface area contributed by atoms with Gasteiger partial charge in [0, 0.05) is 24.8 Å². The third-order valence-corrected chi connectivity index (χ3v) is 2.08. The highest BCUT2D eigenvalue weighted by Crippen LogP contribution is 2.10. The topological polar surface area (TPSA) is 84.4 Å². The molecule has 0 saturated heterocycles. The van der Waals surface area contributed by atoms with Crippen LogP contribution in [-0.4, -0.2) is 17.6 Å². The van der Waals surface area contributed by atoms with Crippen molar-refractivity contribution < 1.29 is 0 Å². The zero-order chi connectivity index (χ0) is 11.4. The molecule has 0 bridgehead atoms. The fourth-order valence-electron chi connectivity index (χ4n) is 1.05. The molecule has 1 aromatic rings. The second kappa shape index (κ2) is 4.83. The van der Waals surface area contributed by atoms with E-state index in [1.807, 2.05) is 0 Å². The summed E-state index contributed by atoms with van der Waals surface area (Å²) >= 11 is 3.28. The summed E-state index contributed by atoms with van der Waals surface area (Å²) in [5.74, 6) is 0.132. The molecular formula is C8H12BrN5O. The fraction of sp³-hybridized carbons (Fsp3) is 0.250. The average Bonchev–Trinajstić information content (AvgIpc) is 2.13. The summed E-state index contributed by atoms with van der Waals surface area (Å²) in [6, 6.07) is 1.64. The maximum absolute atomic E-state index is 11.6. The van der Waals surface area contributed by atoms with Gasteiger partial charge in [0.05, 0.1) is 0 Å². The first-order valence-electron chi connectivity index (χ1n) is 4.17. The van der Waals surface area contributed by atoms with Gasteiger partial charge in [-0.3, -0.25) is 4.79 Å². The highest BCUT2D eigenvalue weighted by atomic mass is 79.9. The number of halogens is 1. The van der Waals surface area contributed by atoms with Gasteiger partial charge in [-0.1, -0.05) is 0 Å². The van der Waals surface area contributed by atoms with E-state index in [-0.39, 0.29) is 11.5 Å². The van der Waals surface area contributed by atoms with Crippen molar-refractivity contribution in [3.8, 4) is 0 Å². The van der Waals surface area contributed by atoms with Crippen molar-refractivity contribution in [3.63, 3.8) is 0 Å². The van der Waals surface area contributed by atoms with Gasteiger partial charge < -0.3 is 21.0 Å². The minimum absolute atomic E-state index is 0.132. The lowest BCUT2D eigenvalue weighted by atomic mass is 10.4. The molecule has 6 nitrogen and oxygen atoms in total. The molecule has 4 N–H and O–H groups in total. The normalized spacial score (nSPS) is 11.3. The smallest absolute Gasteiger partial charge is 0.274 e. The molecule has 7 heteroatoms. The van der Waals surface area contributed by atoms with E-state index in [4.69, 9.17) is 5.73 Å². The van der Waals surface area contributed by atoms with E-state index in [1.165, 1.54) is 4.57 Å². The Hall–Kier alpha value is -1.50. The average molecular weight is 274 g/mol. The van der Waals surface area contributed by atoms with Crippen molar-refractivity contribution in [1.82, 2.24) is 9.99 Å². The molecule has 0 spiro atoms. The fourth-order valence-corrected chi connectivity index (χ4v) is 1.58. The molecule has 0 aromatic carbocycles. The van der Waals surface area contributed by atoms with Gasteiger partial charge >= 0.3 is 0 Å². The molecule has 1 rings (SSSR count). The molecule has 0 atom stereocenters. The van der Waals surface area contributed by atoms with Crippen LogP contribution in [0.4, 0.5) is 5.69 Å². The zero-order valence-electron chi connectivity index (χ0n) is 8.41. The van der Waals surface area contributed by atoms with Crippen LogP contribution in [-0.2, 0) is 7.05 Å². The number of hydrogen-bond acceptors (Lipinski definition) is 3. The zero-order valence-corrected chi connectivity index (χ0v) is 10.00. The molecule has 0 radical (unpaired) electrons. The number of hydrazone groups is 1. The van der Waals surface area contributed by atoms with Gasteiger partial charge in [0.15, 0.2) is 0 Å². The Morgan fingerprint density at radius 3 is 2.93 bits per heavy atom. The van der Waals surface area contributed by atoms with Crippen LogP contribution < -0.4 is 22.0 Å². The summed E-state index contributed by atoms with van der Waals surface area (Å²) in [6.45, 7) is 0. The second-order valence-corrected chi connectivity index (χ2v) is 3.75. The molecule has 0 unspecified atom stereocenters. The maximum atomic E-state index is 11.6. The summed E-state index contributed by atoms with van der Waals surface area (Å²) in [6.07, 6.45) is 1.67. The maximum Gasteiger partial charge on any atom is 0.274 e. The van der Waals surface area contributed by atoms with Crippen LogP contribution in [0, 0.1) is 0 Å². The molecule has 0 aliphatic heterocycles. The van der Waals surface area contributed by atoms with E-state index in [0.29, 0.717) is 5.69 Å². The van der Waals surface area contributed by atoms with Crippen LogP contribution in [0.2, 0.25) is 0 Å². The quantitative estimate of drug-likeness (QED) is 0.403. The minimum atomic E-state index is -0.174. The van der Waals surface area contributed by atoms with Crippen molar-refractivity contribution in [3.05, 3.63) is 27.1 Å². The predicted molar refractivity (Wildman–Crippen MR) is 63.7 cm³/mol. The lowest BCUT2D eigenvalue weighted by Crippen LogP contribution is -2.30. The Bertz CT molecular complexity index is 439. The van der Waals surface area contributed by atoms with Gasteiger partial charge in [-0.15, -0.1) is 5.10 Å². The highest BCUT2D eigenvalue weighted by molar-refractivity contribution is 9.10. The molecule has 0 aliphatic rings. The molecule has 1 aromatic heterocycles. The molecule has 0 amide bonds. The Morgan fingerprint density at radius 2 is 2.33 bits per heavy atom. The van der Waals surface area contributed by atoms with E-state index in [1.54, 1.807) is 26.4 Å². The van der Waals surface area contributed by atoms with Crippen LogP contribution in [0.1, 0.15) is 0 Å². The Kier molecular flexibility index (Phi) is 3.73. The van der Waals surface area contributed by atoms with Crippen LogP contribution in [0.15, 0.2) is 26.6 Å². The number of hydrogen-bond donors (Lipinski definition) is 3. The van der Waals surface area contributed by atoms with Crippen molar-refractivity contribution in [2.24, 2.45) is 17.9 Å². The highest BCUT2D eigenvalue weighted by Gasteiger charge is 2.04. The number of nitrogens with two attached hydrogens (primary N) is 1. The molecule has 82 valence electrons. The number of aromatic nitrogens is 1. The predicted octanol–water partition coefficient (Wildman–Crippen LogP) is 0.00880.